The summed E-state index contributed by atoms with van der Waals surface area (Å²) >= 11 is 0. The van der Waals surface area contributed by atoms with E-state index in [0.29, 0.717) is 12.2 Å². The normalized spacial score (nSPS) is 10.7. The van der Waals surface area contributed by atoms with E-state index in [1.807, 2.05) is 24.3 Å². The van der Waals surface area contributed by atoms with Gasteiger partial charge in [-0.25, -0.2) is 0 Å². The minimum atomic E-state index is 0.647. The van der Waals surface area contributed by atoms with Crippen molar-refractivity contribution in [3.8, 4) is 5.75 Å². The van der Waals surface area contributed by atoms with Crippen molar-refractivity contribution in [1.82, 2.24) is 4.98 Å². The van der Waals surface area contributed by atoms with Crippen LogP contribution < -0.4 is 4.74 Å². The Kier molecular flexibility index (Phi) is 5.56. The lowest BCUT2D eigenvalue weighted by molar-refractivity contribution is 0.112. The molecule has 122 valence electrons. The number of unbranched alkanes of at least 4 members (excludes halogenated alkanes) is 2. The van der Waals surface area contributed by atoms with Gasteiger partial charge in [-0.15, -0.1) is 0 Å². The zero-order valence-electron chi connectivity index (χ0n) is 13.7. The van der Waals surface area contributed by atoms with Crippen molar-refractivity contribution in [2.75, 3.05) is 6.61 Å². The molecule has 24 heavy (non-hydrogen) atoms. The van der Waals surface area contributed by atoms with Gasteiger partial charge in [-0.1, -0.05) is 36.4 Å². The quantitative estimate of drug-likeness (QED) is 0.440. The lowest BCUT2D eigenvalue weighted by atomic mass is 10.1. The van der Waals surface area contributed by atoms with Gasteiger partial charge in [0.05, 0.1) is 6.61 Å². The molecule has 0 aliphatic carbocycles. The third-order valence-corrected chi connectivity index (χ3v) is 4.10. The molecule has 3 aromatic rings. The summed E-state index contributed by atoms with van der Waals surface area (Å²) in [5.41, 5.74) is 2.79. The van der Waals surface area contributed by atoms with Crippen molar-refractivity contribution in [3.63, 3.8) is 0 Å². The van der Waals surface area contributed by atoms with Crippen LogP contribution in [0.3, 0.4) is 0 Å². The number of fused-ring (bicyclic) bond motifs is 1. The lowest BCUT2D eigenvalue weighted by Gasteiger charge is -2.09. The van der Waals surface area contributed by atoms with Crippen molar-refractivity contribution in [3.05, 3.63) is 71.9 Å². The highest BCUT2D eigenvalue weighted by Crippen LogP contribution is 2.26. The van der Waals surface area contributed by atoms with Gasteiger partial charge in [-0.05, 0) is 49.4 Å². The number of aromatic nitrogens is 1. The number of hydrogen-bond acceptors (Lipinski definition) is 3. The molecule has 3 heteroatoms. The van der Waals surface area contributed by atoms with E-state index in [4.69, 9.17) is 4.74 Å². The van der Waals surface area contributed by atoms with Crippen LogP contribution in [0, 0.1) is 0 Å². The highest BCUT2D eigenvalue weighted by atomic mass is 16.5. The molecule has 0 spiro atoms. The van der Waals surface area contributed by atoms with Crippen LogP contribution in [0.1, 0.15) is 35.2 Å². The maximum absolute atomic E-state index is 11.1. The maximum Gasteiger partial charge on any atom is 0.150 e. The monoisotopic (exact) mass is 319 g/mol. The topological polar surface area (TPSA) is 39.2 Å². The van der Waals surface area contributed by atoms with Gasteiger partial charge in [0.1, 0.15) is 11.3 Å². The van der Waals surface area contributed by atoms with E-state index in [9.17, 15) is 4.79 Å². The molecule has 0 radical (unpaired) electrons. The number of benzene rings is 2. The number of carbonyl (C=O) groups is 1. The van der Waals surface area contributed by atoms with Crippen molar-refractivity contribution in [2.45, 2.75) is 25.7 Å². The van der Waals surface area contributed by atoms with E-state index in [2.05, 4.69) is 29.2 Å². The second-order valence-corrected chi connectivity index (χ2v) is 5.82. The molecule has 3 rings (SSSR count). The standard InChI is InChI=1S/C21H21NO2/c23-16-18-12-13-20(21-19(18)11-7-14-22-21)24-15-6-2-5-10-17-8-3-1-4-9-17/h1,3-4,7-9,11-14,16H,2,5-6,10,15H2. The summed E-state index contributed by atoms with van der Waals surface area (Å²) < 4.78 is 5.89. The van der Waals surface area contributed by atoms with Crippen molar-refractivity contribution >= 4 is 17.2 Å². The van der Waals surface area contributed by atoms with Crippen LogP contribution in [0.2, 0.25) is 0 Å². The first-order chi connectivity index (χ1) is 11.9. The molecule has 1 heterocycles. The largest absolute Gasteiger partial charge is 0.491 e. The number of rotatable bonds is 8. The molecule has 0 bridgehead atoms. The third-order valence-electron chi connectivity index (χ3n) is 4.10. The number of ether oxygens (including phenoxy) is 1. The molecule has 0 unspecified atom stereocenters. The summed E-state index contributed by atoms with van der Waals surface area (Å²) in [6.45, 7) is 0.668. The number of aldehydes is 1. The Bertz CT molecular complexity index is 799. The Hall–Kier alpha value is -2.68. The summed E-state index contributed by atoms with van der Waals surface area (Å²) in [4.78, 5) is 15.5. The first-order valence-electron chi connectivity index (χ1n) is 8.38. The van der Waals surface area contributed by atoms with Crippen molar-refractivity contribution in [2.24, 2.45) is 0 Å². The maximum atomic E-state index is 11.1. The molecule has 0 saturated heterocycles. The molecule has 3 nitrogen and oxygen atoms in total. The van der Waals surface area contributed by atoms with E-state index < -0.39 is 0 Å². The number of hydrogen-bond donors (Lipinski definition) is 0. The van der Waals surface area contributed by atoms with Gasteiger partial charge in [-0.3, -0.25) is 9.78 Å². The second-order valence-electron chi connectivity index (χ2n) is 5.82. The fraction of sp³-hybridized carbons (Fsp3) is 0.238. The van der Waals surface area contributed by atoms with E-state index >= 15 is 0 Å². The van der Waals surface area contributed by atoms with E-state index in [1.54, 1.807) is 12.3 Å². The summed E-state index contributed by atoms with van der Waals surface area (Å²) in [7, 11) is 0. The van der Waals surface area contributed by atoms with E-state index in [-0.39, 0.29) is 0 Å². The van der Waals surface area contributed by atoms with Crippen molar-refractivity contribution < 1.29 is 9.53 Å². The number of carbonyl (C=O) groups excluding carboxylic acids is 1. The molecule has 0 aliphatic rings. The molecule has 0 N–H and O–H groups in total. The van der Waals surface area contributed by atoms with E-state index in [1.165, 1.54) is 5.56 Å². The van der Waals surface area contributed by atoms with Crippen LogP contribution in [0.4, 0.5) is 0 Å². The molecule has 0 amide bonds. The number of pyridine rings is 1. The predicted molar refractivity (Wildman–Crippen MR) is 96.6 cm³/mol. The summed E-state index contributed by atoms with van der Waals surface area (Å²) in [6.07, 6.45) is 7.00. The highest BCUT2D eigenvalue weighted by molar-refractivity contribution is 5.98. The summed E-state index contributed by atoms with van der Waals surface area (Å²) in [6, 6.07) is 17.9. The van der Waals surface area contributed by atoms with Crippen LogP contribution in [0.5, 0.6) is 5.75 Å². The Balaban J connectivity index is 1.50. The zero-order chi connectivity index (χ0) is 16.6. The Morgan fingerprint density at radius 3 is 2.62 bits per heavy atom. The molecular formula is C21H21NO2. The average molecular weight is 319 g/mol. The number of nitrogens with zero attached hydrogens (tertiary/aromatic N) is 1. The SMILES string of the molecule is O=Cc1ccc(OCCCCCc2ccccc2)c2ncccc12. The van der Waals surface area contributed by atoms with Gasteiger partial charge in [0.2, 0.25) is 0 Å². The fourth-order valence-electron chi connectivity index (χ4n) is 2.82. The molecule has 1 aromatic heterocycles. The Labute approximate surface area is 142 Å². The minimum absolute atomic E-state index is 0.647. The predicted octanol–water partition coefficient (Wildman–Crippen LogP) is 4.84. The average Bonchev–Trinajstić information content (AvgIpc) is 2.65. The van der Waals surface area contributed by atoms with Crippen molar-refractivity contribution in [1.29, 1.82) is 0 Å². The first kappa shape index (κ1) is 16.2. The molecular weight excluding hydrogens is 298 g/mol. The van der Waals surface area contributed by atoms with Crippen LogP contribution in [0.15, 0.2) is 60.8 Å². The Morgan fingerprint density at radius 1 is 0.917 bits per heavy atom. The van der Waals surface area contributed by atoms with Gasteiger partial charge in [0.25, 0.3) is 0 Å². The zero-order valence-corrected chi connectivity index (χ0v) is 13.7. The van der Waals surface area contributed by atoms with Crippen LogP contribution in [-0.2, 0) is 6.42 Å². The molecule has 0 saturated carbocycles. The minimum Gasteiger partial charge on any atom is -0.491 e. The molecule has 0 fully saturated rings. The summed E-state index contributed by atoms with van der Waals surface area (Å²) in [5, 5.41) is 0.842. The van der Waals surface area contributed by atoms with Crippen LogP contribution in [-0.4, -0.2) is 17.9 Å². The second kappa shape index (κ2) is 8.25. The van der Waals surface area contributed by atoms with Crippen LogP contribution in [0.25, 0.3) is 10.9 Å². The number of aryl methyl sites for hydroxylation is 1. The molecule has 2 aromatic carbocycles. The summed E-state index contributed by atoms with van der Waals surface area (Å²) in [5.74, 6) is 0.749. The van der Waals surface area contributed by atoms with Gasteiger partial charge in [0, 0.05) is 17.1 Å². The fourth-order valence-corrected chi connectivity index (χ4v) is 2.82. The van der Waals surface area contributed by atoms with E-state index in [0.717, 1.165) is 48.6 Å². The third kappa shape index (κ3) is 3.99. The highest BCUT2D eigenvalue weighted by Gasteiger charge is 2.07. The van der Waals surface area contributed by atoms with Gasteiger partial charge in [-0.2, -0.15) is 0 Å². The Morgan fingerprint density at radius 2 is 1.79 bits per heavy atom. The van der Waals surface area contributed by atoms with Gasteiger partial charge < -0.3 is 4.74 Å². The first-order valence-corrected chi connectivity index (χ1v) is 8.38. The molecule has 0 atom stereocenters. The smallest absolute Gasteiger partial charge is 0.150 e. The lowest BCUT2D eigenvalue weighted by Crippen LogP contribution is -2.00. The molecule has 0 aliphatic heterocycles. The van der Waals surface area contributed by atoms with Gasteiger partial charge >= 0.3 is 0 Å². The van der Waals surface area contributed by atoms with Gasteiger partial charge in [0.15, 0.2) is 6.29 Å². The van der Waals surface area contributed by atoms with Crippen LogP contribution >= 0.6 is 0 Å².